The van der Waals surface area contributed by atoms with Gasteiger partial charge in [-0.25, -0.2) is 0 Å². The molecule has 0 spiro atoms. The zero-order chi connectivity index (χ0) is 15.8. The molecule has 2 nitrogen and oxygen atoms in total. The second-order valence-corrected chi connectivity index (χ2v) is 7.28. The second-order valence-electron chi connectivity index (χ2n) is 7.28. The number of hydrogen-bond donors (Lipinski definition) is 1. The topological polar surface area (TPSA) is 29.3 Å². The van der Waals surface area contributed by atoms with Crippen molar-refractivity contribution in [1.29, 1.82) is 0 Å². The average molecular weight is 303 g/mol. The van der Waals surface area contributed by atoms with Gasteiger partial charge in [0.25, 0.3) is 0 Å². The zero-order valence-electron chi connectivity index (χ0n) is 14.6. The Kier molecular flexibility index (Phi) is 7.08. The summed E-state index contributed by atoms with van der Waals surface area (Å²) in [5, 5.41) is 0. The van der Waals surface area contributed by atoms with Gasteiger partial charge < -0.3 is 10.6 Å². The maximum atomic E-state index is 5.51. The van der Waals surface area contributed by atoms with Crippen LogP contribution in [0.2, 0.25) is 0 Å². The quantitative estimate of drug-likeness (QED) is 0.733. The first-order chi connectivity index (χ1) is 10.7. The Balaban J connectivity index is 0.000000164. The van der Waals surface area contributed by atoms with Crippen LogP contribution < -0.4 is 10.6 Å². The van der Waals surface area contributed by atoms with Crippen LogP contribution in [-0.4, -0.2) is 14.1 Å². The van der Waals surface area contributed by atoms with Crippen LogP contribution in [0.4, 0.5) is 11.4 Å². The van der Waals surface area contributed by atoms with Crippen molar-refractivity contribution < 1.29 is 0 Å². The van der Waals surface area contributed by atoms with Crippen LogP contribution in [0.1, 0.15) is 64.2 Å². The molecule has 0 atom stereocenters. The Hall–Kier alpha value is -1.18. The monoisotopic (exact) mass is 302 g/mol. The van der Waals surface area contributed by atoms with Crippen molar-refractivity contribution >= 4 is 11.4 Å². The first kappa shape index (κ1) is 17.2. The first-order valence-electron chi connectivity index (χ1n) is 9.19. The summed E-state index contributed by atoms with van der Waals surface area (Å²) in [4.78, 5) is 2.04. The van der Waals surface area contributed by atoms with E-state index in [0.717, 1.165) is 17.5 Å². The lowest BCUT2D eigenvalue weighted by atomic mass is 9.73. The molecular weight excluding hydrogens is 268 g/mol. The number of nitrogens with zero attached hydrogens (tertiary/aromatic N) is 1. The first-order valence-corrected chi connectivity index (χ1v) is 9.19. The molecule has 0 unspecified atom stereocenters. The van der Waals surface area contributed by atoms with Crippen LogP contribution in [0, 0.1) is 11.8 Å². The van der Waals surface area contributed by atoms with Gasteiger partial charge in [0.2, 0.25) is 0 Å². The van der Waals surface area contributed by atoms with Gasteiger partial charge in [-0.15, -0.1) is 0 Å². The number of rotatable bonds is 2. The molecule has 0 saturated heterocycles. The van der Waals surface area contributed by atoms with Crippen LogP contribution in [0.3, 0.4) is 0 Å². The SMILES string of the molecule is C1CCC(C2CCCCC2)CC1.CN(C)c1ccc(N)cc1. The Morgan fingerprint density at radius 1 is 0.727 bits per heavy atom. The summed E-state index contributed by atoms with van der Waals surface area (Å²) in [6.07, 6.45) is 15.4. The molecule has 0 aliphatic heterocycles. The minimum Gasteiger partial charge on any atom is -0.399 e. The van der Waals surface area contributed by atoms with Crippen LogP contribution >= 0.6 is 0 Å². The van der Waals surface area contributed by atoms with Gasteiger partial charge in [-0.05, 0) is 36.1 Å². The molecule has 0 bridgehead atoms. The van der Waals surface area contributed by atoms with E-state index in [1.54, 1.807) is 25.7 Å². The number of benzene rings is 1. The number of hydrogen-bond acceptors (Lipinski definition) is 2. The molecule has 1 aromatic carbocycles. The zero-order valence-corrected chi connectivity index (χ0v) is 14.6. The Bertz CT molecular complexity index is 382. The van der Waals surface area contributed by atoms with Gasteiger partial charge in [0.1, 0.15) is 0 Å². The van der Waals surface area contributed by atoms with E-state index >= 15 is 0 Å². The fourth-order valence-corrected chi connectivity index (χ4v) is 3.98. The third kappa shape index (κ3) is 5.55. The van der Waals surface area contributed by atoms with Gasteiger partial charge in [0.05, 0.1) is 0 Å². The normalized spacial score (nSPS) is 20.1. The van der Waals surface area contributed by atoms with E-state index in [2.05, 4.69) is 0 Å². The van der Waals surface area contributed by atoms with Gasteiger partial charge in [0, 0.05) is 25.5 Å². The molecule has 2 aliphatic rings. The second kappa shape index (κ2) is 9.07. The number of nitrogens with two attached hydrogens (primary N) is 1. The molecule has 0 heterocycles. The van der Waals surface area contributed by atoms with Crippen molar-refractivity contribution in [3.05, 3.63) is 24.3 Å². The molecule has 0 amide bonds. The summed E-state index contributed by atoms with van der Waals surface area (Å²) in [6, 6.07) is 7.79. The van der Waals surface area contributed by atoms with Crippen molar-refractivity contribution in [3.63, 3.8) is 0 Å². The average Bonchev–Trinajstić information content (AvgIpc) is 2.57. The van der Waals surface area contributed by atoms with Crippen molar-refractivity contribution in [2.45, 2.75) is 64.2 Å². The highest BCUT2D eigenvalue weighted by atomic mass is 15.1. The molecule has 2 fully saturated rings. The number of nitrogen functional groups attached to an aromatic ring is 1. The Morgan fingerprint density at radius 3 is 1.50 bits per heavy atom. The van der Waals surface area contributed by atoms with Crippen LogP contribution in [-0.2, 0) is 0 Å². The summed E-state index contributed by atoms with van der Waals surface area (Å²) in [5.74, 6) is 2.28. The van der Waals surface area contributed by atoms with Gasteiger partial charge in [-0.1, -0.05) is 64.2 Å². The van der Waals surface area contributed by atoms with Gasteiger partial charge in [0.15, 0.2) is 0 Å². The summed E-state index contributed by atoms with van der Waals surface area (Å²) >= 11 is 0. The molecule has 0 radical (unpaired) electrons. The molecule has 1 aromatic rings. The fourth-order valence-electron chi connectivity index (χ4n) is 3.98. The predicted molar refractivity (Wildman–Crippen MR) is 98.3 cm³/mol. The Labute approximate surface area is 137 Å². The maximum absolute atomic E-state index is 5.51. The minimum atomic E-state index is 0.811. The molecule has 2 N–H and O–H groups in total. The van der Waals surface area contributed by atoms with E-state index in [9.17, 15) is 0 Å². The minimum absolute atomic E-state index is 0.811. The lowest BCUT2D eigenvalue weighted by molar-refractivity contribution is 0.196. The van der Waals surface area contributed by atoms with Crippen molar-refractivity contribution in [2.24, 2.45) is 11.8 Å². The highest BCUT2D eigenvalue weighted by Crippen LogP contribution is 2.37. The number of anilines is 2. The third-order valence-corrected chi connectivity index (χ3v) is 5.38. The summed E-state index contributed by atoms with van der Waals surface area (Å²) in [7, 11) is 4.01. The fraction of sp³-hybridized carbons (Fsp3) is 0.700. The lowest BCUT2D eigenvalue weighted by Crippen LogP contribution is -2.20. The van der Waals surface area contributed by atoms with Gasteiger partial charge in [-0.2, -0.15) is 0 Å². The third-order valence-electron chi connectivity index (χ3n) is 5.38. The maximum Gasteiger partial charge on any atom is 0.0362 e. The van der Waals surface area contributed by atoms with Crippen LogP contribution in [0.15, 0.2) is 24.3 Å². The van der Waals surface area contributed by atoms with E-state index in [4.69, 9.17) is 5.73 Å². The van der Waals surface area contributed by atoms with E-state index in [1.807, 2.05) is 43.3 Å². The summed E-state index contributed by atoms with van der Waals surface area (Å²) in [5.41, 5.74) is 7.49. The molecule has 2 heteroatoms. The smallest absolute Gasteiger partial charge is 0.0362 e. The molecular formula is C20H34N2. The highest BCUT2D eigenvalue weighted by molar-refractivity contribution is 5.51. The molecule has 2 aliphatic carbocycles. The summed E-state index contributed by atoms with van der Waals surface area (Å²) in [6.45, 7) is 0. The highest BCUT2D eigenvalue weighted by Gasteiger charge is 2.24. The Morgan fingerprint density at radius 2 is 1.14 bits per heavy atom. The van der Waals surface area contributed by atoms with E-state index in [0.29, 0.717) is 0 Å². The molecule has 0 aromatic heterocycles. The molecule has 3 rings (SSSR count). The largest absolute Gasteiger partial charge is 0.399 e. The van der Waals surface area contributed by atoms with Crippen molar-refractivity contribution in [3.8, 4) is 0 Å². The predicted octanol–water partition coefficient (Wildman–Crippen LogP) is 5.48. The van der Waals surface area contributed by atoms with E-state index in [-0.39, 0.29) is 0 Å². The van der Waals surface area contributed by atoms with Crippen molar-refractivity contribution in [2.75, 3.05) is 24.7 Å². The molecule has 124 valence electrons. The van der Waals surface area contributed by atoms with Gasteiger partial charge in [-0.3, -0.25) is 0 Å². The van der Waals surface area contributed by atoms with E-state index in [1.165, 1.54) is 44.2 Å². The van der Waals surface area contributed by atoms with Gasteiger partial charge >= 0.3 is 0 Å². The van der Waals surface area contributed by atoms with Crippen molar-refractivity contribution in [1.82, 2.24) is 0 Å². The standard InChI is InChI=1S/C12H22.C8H12N2/c1-3-7-11(8-4-1)12-9-5-2-6-10-12;1-10(2)8-5-3-7(9)4-6-8/h11-12H,1-10H2;3-6H,9H2,1-2H3. The lowest BCUT2D eigenvalue weighted by Gasteiger charge is -2.32. The van der Waals surface area contributed by atoms with E-state index < -0.39 is 0 Å². The molecule has 2 saturated carbocycles. The summed E-state index contributed by atoms with van der Waals surface area (Å²) < 4.78 is 0. The molecule has 22 heavy (non-hydrogen) atoms. The van der Waals surface area contributed by atoms with Crippen LogP contribution in [0.5, 0.6) is 0 Å². The van der Waals surface area contributed by atoms with Crippen LogP contribution in [0.25, 0.3) is 0 Å².